The molecule has 0 radical (unpaired) electrons. The van der Waals surface area contributed by atoms with E-state index < -0.39 is 0 Å². The maximum Gasteiger partial charge on any atom is 0.241 e. The Bertz CT molecular complexity index is 701. The average Bonchev–Trinajstić information content (AvgIpc) is 3.14. The van der Waals surface area contributed by atoms with E-state index in [9.17, 15) is 4.79 Å². The summed E-state index contributed by atoms with van der Waals surface area (Å²) in [7, 11) is 2.01. The van der Waals surface area contributed by atoms with Gasteiger partial charge in [0.05, 0.1) is 6.54 Å². The lowest BCUT2D eigenvalue weighted by molar-refractivity contribution is -0.127. The predicted octanol–water partition coefficient (Wildman–Crippen LogP) is 2.69. The van der Waals surface area contributed by atoms with Crippen LogP contribution in [0.1, 0.15) is 19.2 Å². The molecule has 2 aromatic rings. The molecule has 7 heteroatoms. The Morgan fingerprint density at radius 3 is 2.79 bits per heavy atom. The van der Waals surface area contributed by atoms with E-state index in [2.05, 4.69) is 15.0 Å². The summed E-state index contributed by atoms with van der Waals surface area (Å²) >= 11 is 5.89. The standard InChI is InChI=1S/C17H21ClN4O2/c1-3-22-10-12(8-16(22)23)9-21(2)11-15-19-17(20-24-15)13-4-6-14(18)7-5-13/h4-7,12H,3,8-11H2,1-2H3/t12-/m1/s1. The van der Waals surface area contributed by atoms with Gasteiger partial charge in [-0.3, -0.25) is 9.69 Å². The van der Waals surface area contributed by atoms with Crippen LogP contribution in [-0.4, -0.2) is 52.5 Å². The number of likely N-dealkylation sites (tertiary alicyclic amines) is 1. The fourth-order valence-corrected chi connectivity index (χ4v) is 3.18. The van der Waals surface area contributed by atoms with Crippen LogP contribution in [0.5, 0.6) is 0 Å². The number of benzene rings is 1. The van der Waals surface area contributed by atoms with Crippen LogP contribution in [0, 0.1) is 5.92 Å². The molecule has 0 saturated carbocycles. The summed E-state index contributed by atoms with van der Waals surface area (Å²) in [5.74, 6) is 1.74. The summed E-state index contributed by atoms with van der Waals surface area (Å²) in [6, 6.07) is 7.33. The molecule has 1 fully saturated rings. The molecule has 128 valence electrons. The molecule has 24 heavy (non-hydrogen) atoms. The first-order chi connectivity index (χ1) is 11.5. The van der Waals surface area contributed by atoms with Crippen molar-refractivity contribution in [2.75, 3.05) is 26.7 Å². The van der Waals surface area contributed by atoms with E-state index >= 15 is 0 Å². The summed E-state index contributed by atoms with van der Waals surface area (Å²) in [4.78, 5) is 20.3. The van der Waals surface area contributed by atoms with E-state index in [1.54, 1.807) is 12.1 Å². The molecule has 0 unspecified atom stereocenters. The second-order valence-corrected chi connectivity index (χ2v) is 6.65. The first-order valence-corrected chi connectivity index (χ1v) is 8.47. The monoisotopic (exact) mass is 348 g/mol. The van der Waals surface area contributed by atoms with Gasteiger partial charge in [0.1, 0.15) is 0 Å². The van der Waals surface area contributed by atoms with Gasteiger partial charge in [0.25, 0.3) is 0 Å². The number of halogens is 1. The van der Waals surface area contributed by atoms with Crippen molar-refractivity contribution < 1.29 is 9.32 Å². The highest BCUT2D eigenvalue weighted by molar-refractivity contribution is 6.30. The van der Waals surface area contributed by atoms with Gasteiger partial charge in [0, 0.05) is 36.6 Å². The molecule has 0 aliphatic carbocycles. The van der Waals surface area contributed by atoms with E-state index in [4.69, 9.17) is 16.1 Å². The first kappa shape index (κ1) is 16.9. The zero-order valence-corrected chi connectivity index (χ0v) is 14.7. The first-order valence-electron chi connectivity index (χ1n) is 8.10. The molecule has 1 saturated heterocycles. The van der Waals surface area contributed by atoms with Gasteiger partial charge in [-0.15, -0.1) is 0 Å². The Morgan fingerprint density at radius 1 is 1.38 bits per heavy atom. The normalized spacial score (nSPS) is 17.9. The fourth-order valence-electron chi connectivity index (χ4n) is 3.05. The Hall–Kier alpha value is -1.92. The van der Waals surface area contributed by atoms with Crippen LogP contribution >= 0.6 is 11.6 Å². The molecule has 0 N–H and O–H groups in total. The van der Waals surface area contributed by atoms with Crippen molar-refractivity contribution in [1.29, 1.82) is 0 Å². The van der Waals surface area contributed by atoms with Gasteiger partial charge in [-0.1, -0.05) is 16.8 Å². The minimum Gasteiger partial charge on any atom is -0.343 e. The SMILES string of the molecule is CCN1C[C@@H](CN(C)Cc2nc(-c3ccc(Cl)cc3)no2)CC1=O. The summed E-state index contributed by atoms with van der Waals surface area (Å²) in [5, 5.41) is 4.70. The number of carbonyl (C=O) groups is 1. The summed E-state index contributed by atoms with van der Waals surface area (Å²) in [6.07, 6.45) is 0.623. The molecule has 6 nitrogen and oxygen atoms in total. The van der Waals surface area contributed by atoms with Gasteiger partial charge in [0.2, 0.25) is 17.6 Å². The maximum absolute atomic E-state index is 11.8. The van der Waals surface area contributed by atoms with Crippen molar-refractivity contribution in [2.45, 2.75) is 19.9 Å². The van der Waals surface area contributed by atoms with E-state index in [0.29, 0.717) is 35.6 Å². The van der Waals surface area contributed by atoms with Gasteiger partial charge in [-0.2, -0.15) is 4.98 Å². The third-order valence-electron chi connectivity index (χ3n) is 4.22. The lowest BCUT2D eigenvalue weighted by Crippen LogP contribution is -2.28. The smallest absolute Gasteiger partial charge is 0.241 e. The summed E-state index contributed by atoms with van der Waals surface area (Å²) in [5.41, 5.74) is 0.872. The Labute approximate surface area is 146 Å². The van der Waals surface area contributed by atoms with Gasteiger partial charge in [-0.25, -0.2) is 0 Å². The van der Waals surface area contributed by atoms with E-state index in [1.807, 2.05) is 31.0 Å². The molecule has 1 atom stereocenters. The summed E-state index contributed by atoms with van der Waals surface area (Å²) < 4.78 is 5.33. The van der Waals surface area contributed by atoms with Gasteiger partial charge < -0.3 is 9.42 Å². The lowest BCUT2D eigenvalue weighted by atomic mass is 10.1. The predicted molar refractivity (Wildman–Crippen MR) is 91.4 cm³/mol. The van der Waals surface area contributed by atoms with Crippen LogP contribution in [0.4, 0.5) is 0 Å². The van der Waals surface area contributed by atoms with Crippen molar-refractivity contribution in [3.63, 3.8) is 0 Å². The third-order valence-corrected chi connectivity index (χ3v) is 4.47. The van der Waals surface area contributed by atoms with Crippen LogP contribution < -0.4 is 0 Å². The van der Waals surface area contributed by atoms with Crippen LogP contribution in [0.25, 0.3) is 11.4 Å². The lowest BCUT2D eigenvalue weighted by Gasteiger charge is -2.19. The minimum atomic E-state index is 0.249. The van der Waals surface area contributed by atoms with Crippen LogP contribution in [0.3, 0.4) is 0 Å². The zero-order valence-electron chi connectivity index (χ0n) is 13.9. The number of rotatable bonds is 6. The second-order valence-electron chi connectivity index (χ2n) is 6.22. The number of amides is 1. The van der Waals surface area contributed by atoms with Crippen molar-refractivity contribution in [3.05, 3.63) is 35.2 Å². The molecular weight excluding hydrogens is 328 g/mol. The van der Waals surface area contributed by atoms with Gasteiger partial charge in [0.15, 0.2) is 0 Å². The number of aromatic nitrogens is 2. The molecule has 2 heterocycles. The zero-order chi connectivity index (χ0) is 17.1. The molecule has 1 aliphatic heterocycles. The molecule has 0 spiro atoms. The Balaban J connectivity index is 1.56. The van der Waals surface area contributed by atoms with E-state index in [1.165, 1.54) is 0 Å². The molecule has 0 bridgehead atoms. The highest BCUT2D eigenvalue weighted by atomic mass is 35.5. The number of hydrogen-bond donors (Lipinski definition) is 0. The second kappa shape index (κ2) is 7.32. The number of carbonyl (C=O) groups excluding carboxylic acids is 1. The number of nitrogens with zero attached hydrogens (tertiary/aromatic N) is 4. The van der Waals surface area contributed by atoms with Gasteiger partial charge in [-0.05, 0) is 44.2 Å². The fraction of sp³-hybridized carbons (Fsp3) is 0.471. The maximum atomic E-state index is 11.8. The molecule has 1 aromatic heterocycles. The largest absolute Gasteiger partial charge is 0.343 e. The van der Waals surface area contributed by atoms with Crippen LogP contribution in [0.2, 0.25) is 5.02 Å². The third kappa shape index (κ3) is 3.94. The minimum absolute atomic E-state index is 0.249. The topological polar surface area (TPSA) is 62.5 Å². The highest BCUT2D eigenvalue weighted by Crippen LogP contribution is 2.21. The quantitative estimate of drug-likeness (QED) is 0.803. The van der Waals surface area contributed by atoms with E-state index in [0.717, 1.165) is 25.2 Å². The van der Waals surface area contributed by atoms with Crippen molar-refractivity contribution >= 4 is 17.5 Å². The molecule has 1 aromatic carbocycles. The van der Waals surface area contributed by atoms with Crippen LogP contribution in [0.15, 0.2) is 28.8 Å². The van der Waals surface area contributed by atoms with Crippen LogP contribution in [-0.2, 0) is 11.3 Å². The summed E-state index contributed by atoms with van der Waals surface area (Å²) in [6.45, 7) is 5.03. The number of hydrogen-bond acceptors (Lipinski definition) is 5. The van der Waals surface area contributed by atoms with Crippen molar-refractivity contribution in [2.24, 2.45) is 5.92 Å². The Kier molecular flexibility index (Phi) is 5.16. The molecule has 3 rings (SSSR count). The highest BCUT2D eigenvalue weighted by Gasteiger charge is 2.29. The molecule has 1 amide bonds. The average molecular weight is 349 g/mol. The molecular formula is C17H21ClN4O2. The van der Waals surface area contributed by atoms with Crippen molar-refractivity contribution in [3.8, 4) is 11.4 Å². The van der Waals surface area contributed by atoms with Crippen molar-refractivity contribution in [1.82, 2.24) is 19.9 Å². The Morgan fingerprint density at radius 2 is 2.12 bits per heavy atom. The van der Waals surface area contributed by atoms with Gasteiger partial charge >= 0.3 is 0 Å². The van der Waals surface area contributed by atoms with E-state index in [-0.39, 0.29) is 5.91 Å². The molecule has 1 aliphatic rings.